The zero-order chi connectivity index (χ0) is 18.4. The standard InChI is InChI=1S/C18H21FIN3O2/c1-11-16-10-15(12-5-6-13(19)14(20)9-12)21-23(16)8-7-22(11)17(24)25-18(2,3)4/h5-6,9-11H,7-8H2,1-4H3. The van der Waals surface area contributed by atoms with Crippen LogP contribution in [0.25, 0.3) is 11.3 Å². The fourth-order valence-electron chi connectivity index (χ4n) is 2.87. The van der Waals surface area contributed by atoms with E-state index in [1.54, 1.807) is 17.0 Å². The quantitative estimate of drug-likeness (QED) is 0.588. The number of hydrogen-bond donors (Lipinski definition) is 0. The Bertz CT molecular complexity index is 813. The van der Waals surface area contributed by atoms with Crippen LogP contribution in [0, 0.1) is 9.39 Å². The zero-order valence-corrected chi connectivity index (χ0v) is 16.9. The molecular weight excluding hydrogens is 436 g/mol. The Morgan fingerprint density at radius 2 is 2.04 bits per heavy atom. The molecule has 1 unspecified atom stereocenters. The van der Waals surface area contributed by atoms with E-state index in [0.29, 0.717) is 16.7 Å². The molecule has 2 heterocycles. The van der Waals surface area contributed by atoms with E-state index in [0.717, 1.165) is 17.0 Å². The number of rotatable bonds is 1. The van der Waals surface area contributed by atoms with E-state index in [2.05, 4.69) is 5.10 Å². The second-order valence-electron chi connectivity index (χ2n) is 7.16. The molecule has 5 nitrogen and oxygen atoms in total. The monoisotopic (exact) mass is 457 g/mol. The Balaban J connectivity index is 1.87. The number of nitrogens with zero attached hydrogens (tertiary/aromatic N) is 3. The van der Waals surface area contributed by atoms with E-state index in [1.807, 2.05) is 61.0 Å². The van der Waals surface area contributed by atoms with Gasteiger partial charge in [-0.3, -0.25) is 9.58 Å². The van der Waals surface area contributed by atoms with Crippen molar-refractivity contribution in [3.05, 3.63) is 39.3 Å². The van der Waals surface area contributed by atoms with Crippen LogP contribution < -0.4 is 0 Å². The average Bonchev–Trinajstić information content (AvgIpc) is 2.93. The molecule has 0 saturated heterocycles. The van der Waals surface area contributed by atoms with Gasteiger partial charge in [-0.25, -0.2) is 9.18 Å². The van der Waals surface area contributed by atoms with Gasteiger partial charge < -0.3 is 4.74 Å². The van der Waals surface area contributed by atoms with Crippen LogP contribution in [0.4, 0.5) is 9.18 Å². The predicted molar refractivity (Wildman–Crippen MR) is 102 cm³/mol. The number of benzene rings is 1. The maximum absolute atomic E-state index is 13.5. The number of fused-ring (bicyclic) bond motifs is 1. The Labute approximate surface area is 160 Å². The summed E-state index contributed by atoms with van der Waals surface area (Å²) in [6.45, 7) is 8.70. The first-order chi connectivity index (χ1) is 11.7. The first kappa shape index (κ1) is 18.2. The molecule has 0 bridgehead atoms. The highest BCUT2D eigenvalue weighted by atomic mass is 127. The van der Waals surface area contributed by atoms with Crippen LogP contribution in [0.2, 0.25) is 0 Å². The zero-order valence-electron chi connectivity index (χ0n) is 14.7. The third kappa shape index (κ3) is 3.80. The van der Waals surface area contributed by atoms with Gasteiger partial charge in [-0.15, -0.1) is 0 Å². The lowest BCUT2D eigenvalue weighted by Crippen LogP contribution is -2.43. The topological polar surface area (TPSA) is 47.4 Å². The van der Waals surface area contributed by atoms with Gasteiger partial charge in [-0.1, -0.05) is 0 Å². The molecule has 0 saturated carbocycles. The van der Waals surface area contributed by atoms with Crippen molar-refractivity contribution in [3.63, 3.8) is 0 Å². The van der Waals surface area contributed by atoms with Crippen molar-refractivity contribution in [1.82, 2.24) is 14.7 Å². The number of halogens is 2. The molecule has 0 radical (unpaired) electrons. The van der Waals surface area contributed by atoms with Crippen LogP contribution >= 0.6 is 22.6 Å². The van der Waals surface area contributed by atoms with Crippen molar-refractivity contribution in [3.8, 4) is 11.3 Å². The smallest absolute Gasteiger partial charge is 0.410 e. The molecule has 0 N–H and O–H groups in total. The van der Waals surface area contributed by atoms with Gasteiger partial charge in [0.05, 0.1) is 24.0 Å². The van der Waals surface area contributed by atoms with E-state index < -0.39 is 5.60 Å². The number of carbonyl (C=O) groups excluding carboxylic acids is 1. The van der Waals surface area contributed by atoms with Gasteiger partial charge in [0, 0.05) is 15.7 Å². The van der Waals surface area contributed by atoms with Gasteiger partial charge in [-0.2, -0.15) is 5.10 Å². The van der Waals surface area contributed by atoms with E-state index in [4.69, 9.17) is 4.74 Å². The second kappa shape index (κ2) is 6.59. The average molecular weight is 457 g/mol. The number of hydrogen-bond acceptors (Lipinski definition) is 3. The van der Waals surface area contributed by atoms with E-state index >= 15 is 0 Å². The van der Waals surface area contributed by atoms with Gasteiger partial charge in [-0.05, 0) is 74.6 Å². The summed E-state index contributed by atoms with van der Waals surface area (Å²) < 4.78 is 21.5. The third-order valence-electron chi connectivity index (χ3n) is 4.10. The molecule has 1 atom stereocenters. The Morgan fingerprint density at radius 3 is 2.68 bits per heavy atom. The Kier molecular flexibility index (Phi) is 4.78. The molecule has 1 aliphatic rings. The number of ether oxygens (including phenoxy) is 1. The molecule has 1 amide bonds. The van der Waals surface area contributed by atoms with Crippen molar-refractivity contribution in [1.29, 1.82) is 0 Å². The fraction of sp³-hybridized carbons (Fsp3) is 0.444. The maximum atomic E-state index is 13.5. The van der Waals surface area contributed by atoms with E-state index in [1.165, 1.54) is 6.07 Å². The lowest BCUT2D eigenvalue weighted by Gasteiger charge is -2.35. The molecular formula is C18H21FIN3O2. The van der Waals surface area contributed by atoms with Crippen LogP contribution in [0.3, 0.4) is 0 Å². The first-order valence-corrected chi connectivity index (χ1v) is 9.26. The van der Waals surface area contributed by atoms with Crippen LogP contribution in [-0.4, -0.2) is 32.9 Å². The molecule has 1 aromatic heterocycles. The van der Waals surface area contributed by atoms with Crippen molar-refractivity contribution >= 4 is 28.7 Å². The minimum absolute atomic E-state index is 0.135. The first-order valence-electron chi connectivity index (χ1n) is 8.18. The largest absolute Gasteiger partial charge is 0.444 e. The van der Waals surface area contributed by atoms with E-state index in [9.17, 15) is 9.18 Å². The highest BCUT2D eigenvalue weighted by Gasteiger charge is 2.32. The Morgan fingerprint density at radius 1 is 1.32 bits per heavy atom. The highest BCUT2D eigenvalue weighted by Crippen LogP contribution is 2.31. The second-order valence-corrected chi connectivity index (χ2v) is 8.32. The van der Waals surface area contributed by atoms with Crippen LogP contribution in [0.1, 0.15) is 39.4 Å². The summed E-state index contributed by atoms with van der Waals surface area (Å²) >= 11 is 1.97. The SMILES string of the molecule is CC1c2cc(-c3ccc(F)c(I)c3)nn2CCN1C(=O)OC(C)(C)C. The van der Waals surface area contributed by atoms with Gasteiger partial charge in [0.1, 0.15) is 11.4 Å². The van der Waals surface area contributed by atoms with Crippen LogP contribution in [0.5, 0.6) is 0 Å². The third-order valence-corrected chi connectivity index (χ3v) is 4.93. The summed E-state index contributed by atoms with van der Waals surface area (Å²) in [6.07, 6.45) is -0.315. The summed E-state index contributed by atoms with van der Waals surface area (Å²) in [5, 5.41) is 4.62. The van der Waals surface area contributed by atoms with Crippen LogP contribution in [-0.2, 0) is 11.3 Å². The van der Waals surface area contributed by atoms with Crippen LogP contribution in [0.15, 0.2) is 24.3 Å². The highest BCUT2D eigenvalue weighted by molar-refractivity contribution is 14.1. The van der Waals surface area contributed by atoms with Gasteiger partial charge in [0.2, 0.25) is 0 Å². The lowest BCUT2D eigenvalue weighted by molar-refractivity contribution is 0.0120. The summed E-state index contributed by atoms with van der Waals surface area (Å²) in [5.74, 6) is -0.238. The molecule has 0 aliphatic carbocycles. The molecule has 0 spiro atoms. The summed E-state index contributed by atoms with van der Waals surface area (Å²) in [6, 6.07) is 6.78. The molecule has 1 aliphatic heterocycles. The minimum Gasteiger partial charge on any atom is -0.444 e. The summed E-state index contributed by atoms with van der Waals surface area (Å²) in [4.78, 5) is 14.1. The molecule has 2 aromatic rings. The summed E-state index contributed by atoms with van der Waals surface area (Å²) in [7, 11) is 0. The molecule has 25 heavy (non-hydrogen) atoms. The van der Waals surface area contributed by atoms with Gasteiger partial charge >= 0.3 is 6.09 Å². The maximum Gasteiger partial charge on any atom is 0.410 e. The molecule has 134 valence electrons. The molecule has 0 fully saturated rings. The molecule has 3 rings (SSSR count). The van der Waals surface area contributed by atoms with Crippen molar-refractivity contribution in [2.24, 2.45) is 0 Å². The molecule has 1 aromatic carbocycles. The Hall–Kier alpha value is -1.64. The lowest BCUT2D eigenvalue weighted by atomic mass is 10.1. The number of carbonyl (C=O) groups is 1. The minimum atomic E-state index is -0.523. The number of aromatic nitrogens is 2. The fourth-order valence-corrected chi connectivity index (χ4v) is 3.38. The van der Waals surface area contributed by atoms with Gasteiger partial charge in [0.25, 0.3) is 0 Å². The van der Waals surface area contributed by atoms with Crippen molar-refractivity contribution < 1.29 is 13.9 Å². The summed E-state index contributed by atoms with van der Waals surface area (Å²) in [5.41, 5.74) is 2.07. The van der Waals surface area contributed by atoms with Gasteiger partial charge in [0.15, 0.2) is 0 Å². The van der Waals surface area contributed by atoms with Crippen molar-refractivity contribution in [2.75, 3.05) is 6.54 Å². The normalized spacial score (nSPS) is 17.4. The number of amides is 1. The predicted octanol–water partition coefficient (Wildman–Crippen LogP) is 4.61. The molecule has 7 heteroatoms. The van der Waals surface area contributed by atoms with E-state index in [-0.39, 0.29) is 18.0 Å². The van der Waals surface area contributed by atoms with Crippen molar-refractivity contribution in [2.45, 2.75) is 45.9 Å².